The minimum absolute atomic E-state index is 0.0369. The largest absolute Gasteiger partial charge is 0.375 e. The van der Waals surface area contributed by atoms with E-state index in [0.29, 0.717) is 12.4 Å². The summed E-state index contributed by atoms with van der Waals surface area (Å²) in [5.74, 6) is 2.80. The SMILES string of the molecule is O=C(c1ncn[nH]1)C1CCOC2(CCSCC2)C1. The van der Waals surface area contributed by atoms with Gasteiger partial charge in [-0.3, -0.25) is 9.89 Å². The number of carbonyl (C=O) groups is 1. The first-order valence-electron chi connectivity index (χ1n) is 6.40. The molecule has 1 N–H and O–H groups in total. The molecule has 98 valence electrons. The summed E-state index contributed by atoms with van der Waals surface area (Å²) in [5.41, 5.74) is -0.0517. The minimum atomic E-state index is -0.0517. The molecule has 0 amide bonds. The Morgan fingerprint density at radius 2 is 2.33 bits per heavy atom. The molecule has 2 saturated heterocycles. The number of nitrogens with one attached hydrogen (secondary N) is 1. The maximum absolute atomic E-state index is 12.3. The highest BCUT2D eigenvalue weighted by Crippen LogP contribution is 2.40. The number of ether oxygens (including phenoxy) is 1. The molecule has 0 aromatic carbocycles. The van der Waals surface area contributed by atoms with Crippen LogP contribution in [0.15, 0.2) is 6.33 Å². The topological polar surface area (TPSA) is 67.9 Å². The van der Waals surface area contributed by atoms with E-state index in [1.165, 1.54) is 6.33 Å². The first-order chi connectivity index (χ1) is 8.79. The van der Waals surface area contributed by atoms with Crippen molar-refractivity contribution < 1.29 is 9.53 Å². The summed E-state index contributed by atoms with van der Waals surface area (Å²) >= 11 is 1.98. The van der Waals surface area contributed by atoms with E-state index in [0.717, 1.165) is 37.2 Å². The number of nitrogens with zero attached hydrogens (tertiary/aromatic N) is 2. The number of hydrogen-bond acceptors (Lipinski definition) is 5. The fraction of sp³-hybridized carbons (Fsp3) is 0.750. The van der Waals surface area contributed by atoms with Gasteiger partial charge in [-0.1, -0.05) is 0 Å². The van der Waals surface area contributed by atoms with Gasteiger partial charge >= 0.3 is 0 Å². The number of hydrogen-bond donors (Lipinski definition) is 1. The number of aromatic nitrogens is 3. The molecule has 2 fully saturated rings. The van der Waals surface area contributed by atoms with Crippen molar-refractivity contribution in [2.75, 3.05) is 18.1 Å². The molecule has 1 unspecified atom stereocenters. The van der Waals surface area contributed by atoms with Gasteiger partial charge in [-0.2, -0.15) is 16.9 Å². The molecule has 0 saturated carbocycles. The average molecular weight is 267 g/mol. The van der Waals surface area contributed by atoms with Crippen molar-refractivity contribution in [2.45, 2.75) is 31.3 Å². The number of H-pyrrole nitrogens is 1. The molecule has 6 heteroatoms. The molecular formula is C12H17N3O2S. The number of thioether (sulfide) groups is 1. The number of aromatic amines is 1. The Morgan fingerprint density at radius 3 is 3.06 bits per heavy atom. The second kappa shape index (κ2) is 5.01. The van der Waals surface area contributed by atoms with Crippen LogP contribution in [0.3, 0.4) is 0 Å². The molecule has 0 aliphatic carbocycles. The van der Waals surface area contributed by atoms with Crippen molar-refractivity contribution in [3.8, 4) is 0 Å². The lowest BCUT2D eigenvalue weighted by Crippen LogP contribution is -2.44. The van der Waals surface area contributed by atoms with E-state index in [4.69, 9.17) is 4.74 Å². The standard InChI is InChI=1S/C12H17N3O2S/c16-10(11-13-8-14-15-11)9-1-4-17-12(7-9)2-5-18-6-3-12/h8-9H,1-7H2,(H,13,14,15). The predicted octanol–water partition coefficient (Wildman–Crippen LogP) is 1.68. The van der Waals surface area contributed by atoms with Crippen molar-refractivity contribution in [2.24, 2.45) is 5.92 Å². The molecule has 1 atom stereocenters. The van der Waals surface area contributed by atoms with Crippen LogP contribution in [0, 0.1) is 5.92 Å². The van der Waals surface area contributed by atoms with Gasteiger partial charge in [0, 0.05) is 12.5 Å². The number of rotatable bonds is 2. The molecule has 18 heavy (non-hydrogen) atoms. The lowest BCUT2D eigenvalue weighted by molar-refractivity contribution is -0.0960. The maximum atomic E-state index is 12.3. The highest BCUT2D eigenvalue weighted by molar-refractivity contribution is 7.99. The third-order valence-electron chi connectivity index (χ3n) is 3.92. The smallest absolute Gasteiger partial charge is 0.202 e. The van der Waals surface area contributed by atoms with Crippen LogP contribution in [0.1, 0.15) is 36.3 Å². The monoisotopic (exact) mass is 267 g/mol. The Morgan fingerprint density at radius 1 is 1.50 bits per heavy atom. The Bertz CT molecular complexity index is 409. The van der Waals surface area contributed by atoms with Crippen molar-refractivity contribution in [1.29, 1.82) is 0 Å². The maximum Gasteiger partial charge on any atom is 0.202 e. The lowest BCUT2D eigenvalue weighted by Gasteiger charge is -2.42. The van der Waals surface area contributed by atoms with Gasteiger partial charge in [0.25, 0.3) is 0 Å². The molecule has 2 aliphatic heterocycles. The Kier molecular flexibility index (Phi) is 3.39. The Hall–Kier alpha value is -0.880. The van der Waals surface area contributed by atoms with E-state index >= 15 is 0 Å². The summed E-state index contributed by atoms with van der Waals surface area (Å²) < 4.78 is 5.99. The van der Waals surface area contributed by atoms with Crippen LogP contribution in [0.5, 0.6) is 0 Å². The van der Waals surface area contributed by atoms with Crippen LogP contribution >= 0.6 is 11.8 Å². The van der Waals surface area contributed by atoms with E-state index < -0.39 is 0 Å². The van der Waals surface area contributed by atoms with Crippen LogP contribution in [-0.2, 0) is 4.74 Å². The van der Waals surface area contributed by atoms with E-state index in [-0.39, 0.29) is 17.3 Å². The summed E-state index contributed by atoms with van der Waals surface area (Å²) in [6, 6.07) is 0. The van der Waals surface area contributed by atoms with E-state index in [9.17, 15) is 4.79 Å². The third kappa shape index (κ3) is 2.31. The van der Waals surface area contributed by atoms with Crippen molar-refractivity contribution in [1.82, 2.24) is 15.2 Å². The van der Waals surface area contributed by atoms with Crippen LogP contribution < -0.4 is 0 Å². The first-order valence-corrected chi connectivity index (χ1v) is 7.56. The molecule has 0 bridgehead atoms. The van der Waals surface area contributed by atoms with Gasteiger partial charge in [0.15, 0.2) is 5.82 Å². The fourth-order valence-electron chi connectivity index (χ4n) is 2.86. The molecule has 1 aromatic rings. The molecule has 3 rings (SSSR count). The van der Waals surface area contributed by atoms with E-state index in [2.05, 4.69) is 15.2 Å². The summed E-state index contributed by atoms with van der Waals surface area (Å²) in [7, 11) is 0. The Balaban J connectivity index is 1.72. The van der Waals surface area contributed by atoms with Gasteiger partial charge in [-0.05, 0) is 37.2 Å². The summed E-state index contributed by atoms with van der Waals surface area (Å²) in [6.45, 7) is 0.690. The summed E-state index contributed by atoms with van der Waals surface area (Å²) in [5, 5.41) is 6.42. The lowest BCUT2D eigenvalue weighted by atomic mass is 9.80. The summed E-state index contributed by atoms with van der Waals surface area (Å²) in [6.07, 6.45) is 5.16. The van der Waals surface area contributed by atoms with Gasteiger partial charge in [-0.15, -0.1) is 0 Å². The zero-order chi connectivity index (χ0) is 12.4. The van der Waals surface area contributed by atoms with E-state index in [1.54, 1.807) is 0 Å². The minimum Gasteiger partial charge on any atom is -0.375 e. The predicted molar refractivity (Wildman–Crippen MR) is 68.7 cm³/mol. The van der Waals surface area contributed by atoms with Gasteiger partial charge in [0.2, 0.25) is 5.78 Å². The Labute approximate surface area is 110 Å². The first kappa shape index (κ1) is 12.2. The van der Waals surface area contributed by atoms with Crippen LogP contribution in [-0.4, -0.2) is 44.7 Å². The van der Waals surface area contributed by atoms with Crippen molar-refractivity contribution in [3.05, 3.63) is 12.2 Å². The highest BCUT2D eigenvalue weighted by atomic mass is 32.2. The molecule has 2 aliphatic rings. The van der Waals surface area contributed by atoms with Gasteiger partial charge in [-0.25, -0.2) is 4.98 Å². The second-order valence-corrected chi connectivity index (χ2v) is 6.26. The molecule has 1 spiro atoms. The second-order valence-electron chi connectivity index (χ2n) is 5.03. The van der Waals surface area contributed by atoms with Crippen LogP contribution in [0.4, 0.5) is 0 Å². The van der Waals surface area contributed by atoms with Crippen LogP contribution in [0.2, 0.25) is 0 Å². The van der Waals surface area contributed by atoms with E-state index in [1.807, 2.05) is 11.8 Å². The number of carbonyl (C=O) groups excluding carboxylic acids is 1. The zero-order valence-electron chi connectivity index (χ0n) is 10.2. The average Bonchev–Trinajstić information content (AvgIpc) is 2.93. The molecule has 3 heterocycles. The highest BCUT2D eigenvalue weighted by Gasteiger charge is 2.41. The van der Waals surface area contributed by atoms with Gasteiger partial charge in [0.1, 0.15) is 6.33 Å². The third-order valence-corrected chi connectivity index (χ3v) is 4.90. The summed E-state index contributed by atoms with van der Waals surface area (Å²) in [4.78, 5) is 16.3. The fourth-order valence-corrected chi connectivity index (χ4v) is 4.10. The molecule has 0 radical (unpaired) electrons. The molecule has 5 nitrogen and oxygen atoms in total. The number of ketones is 1. The van der Waals surface area contributed by atoms with Gasteiger partial charge < -0.3 is 4.74 Å². The molecular weight excluding hydrogens is 250 g/mol. The zero-order valence-corrected chi connectivity index (χ0v) is 11.0. The number of Topliss-reactive ketones (excluding diaryl/α,β-unsaturated/α-hetero) is 1. The normalized spacial score (nSPS) is 27.2. The van der Waals surface area contributed by atoms with Crippen LogP contribution in [0.25, 0.3) is 0 Å². The van der Waals surface area contributed by atoms with Gasteiger partial charge in [0.05, 0.1) is 5.60 Å². The van der Waals surface area contributed by atoms with Crippen molar-refractivity contribution >= 4 is 17.5 Å². The van der Waals surface area contributed by atoms with Crippen molar-refractivity contribution in [3.63, 3.8) is 0 Å². The quantitative estimate of drug-likeness (QED) is 0.826. The molecule has 1 aromatic heterocycles.